The van der Waals surface area contributed by atoms with Crippen LogP contribution in [-0.2, 0) is 0 Å². The van der Waals surface area contributed by atoms with Gasteiger partial charge in [-0.25, -0.2) is 9.78 Å². The molecule has 0 unspecified atom stereocenters. The van der Waals surface area contributed by atoms with E-state index < -0.39 is 5.97 Å². The fourth-order valence-corrected chi connectivity index (χ4v) is 1.39. The van der Waals surface area contributed by atoms with Gasteiger partial charge < -0.3 is 9.52 Å². The average molecular weight is 203 g/mol. The standard InChI is InChI=1S/C11H9NO3/c1-7-3-2-4-8(5-7)10-9(11(13)14)12-6-15-10/h2-6H,1H3,(H,13,14). The third-order valence-electron chi connectivity index (χ3n) is 2.05. The third-order valence-corrected chi connectivity index (χ3v) is 2.05. The summed E-state index contributed by atoms with van der Waals surface area (Å²) in [5.74, 6) is -0.786. The summed E-state index contributed by atoms with van der Waals surface area (Å²) < 4.78 is 5.08. The van der Waals surface area contributed by atoms with Crippen LogP contribution in [0.15, 0.2) is 35.1 Å². The predicted octanol–water partition coefficient (Wildman–Crippen LogP) is 2.35. The second kappa shape index (κ2) is 3.57. The summed E-state index contributed by atoms with van der Waals surface area (Å²) >= 11 is 0. The maximum absolute atomic E-state index is 10.8. The molecule has 2 rings (SSSR count). The first-order chi connectivity index (χ1) is 7.18. The molecule has 0 aliphatic carbocycles. The Labute approximate surface area is 86.2 Å². The van der Waals surface area contributed by atoms with Crippen molar-refractivity contribution >= 4 is 5.97 Å². The van der Waals surface area contributed by atoms with E-state index in [4.69, 9.17) is 9.52 Å². The highest BCUT2D eigenvalue weighted by Crippen LogP contribution is 2.23. The van der Waals surface area contributed by atoms with Gasteiger partial charge in [0.25, 0.3) is 0 Å². The summed E-state index contributed by atoms with van der Waals surface area (Å²) in [5, 5.41) is 8.86. The van der Waals surface area contributed by atoms with E-state index in [-0.39, 0.29) is 5.69 Å². The van der Waals surface area contributed by atoms with Crippen LogP contribution in [-0.4, -0.2) is 16.1 Å². The maximum Gasteiger partial charge on any atom is 0.358 e. The fraction of sp³-hybridized carbons (Fsp3) is 0.0909. The third kappa shape index (κ3) is 1.74. The zero-order chi connectivity index (χ0) is 10.8. The van der Waals surface area contributed by atoms with Crippen LogP contribution in [0.25, 0.3) is 11.3 Å². The molecule has 2 aromatic rings. The fourth-order valence-electron chi connectivity index (χ4n) is 1.39. The van der Waals surface area contributed by atoms with Gasteiger partial charge in [0.05, 0.1) is 0 Å². The van der Waals surface area contributed by atoms with E-state index in [2.05, 4.69) is 4.98 Å². The highest BCUT2D eigenvalue weighted by atomic mass is 16.4. The summed E-state index contributed by atoms with van der Waals surface area (Å²) in [5.41, 5.74) is 1.71. The number of nitrogens with zero attached hydrogens (tertiary/aromatic N) is 1. The molecular formula is C11H9NO3. The van der Waals surface area contributed by atoms with Crippen LogP contribution >= 0.6 is 0 Å². The number of benzene rings is 1. The van der Waals surface area contributed by atoms with Gasteiger partial charge in [-0.15, -0.1) is 0 Å². The van der Waals surface area contributed by atoms with Gasteiger partial charge in [0.1, 0.15) is 0 Å². The van der Waals surface area contributed by atoms with Crippen molar-refractivity contribution in [3.05, 3.63) is 41.9 Å². The lowest BCUT2D eigenvalue weighted by Gasteiger charge is -1.98. The summed E-state index contributed by atoms with van der Waals surface area (Å²) in [7, 11) is 0. The minimum Gasteiger partial charge on any atom is -0.476 e. The molecule has 0 saturated carbocycles. The van der Waals surface area contributed by atoms with Crippen LogP contribution in [0.3, 0.4) is 0 Å². The van der Waals surface area contributed by atoms with Gasteiger partial charge in [0.15, 0.2) is 17.8 Å². The quantitative estimate of drug-likeness (QED) is 0.813. The molecule has 0 aliphatic heterocycles. The highest BCUT2D eigenvalue weighted by Gasteiger charge is 2.16. The molecule has 0 aliphatic rings. The van der Waals surface area contributed by atoms with Gasteiger partial charge in [-0.05, 0) is 13.0 Å². The van der Waals surface area contributed by atoms with Gasteiger partial charge in [0.2, 0.25) is 0 Å². The van der Waals surface area contributed by atoms with Crippen LogP contribution in [0, 0.1) is 6.92 Å². The second-order valence-corrected chi connectivity index (χ2v) is 3.20. The molecule has 1 N–H and O–H groups in total. The highest BCUT2D eigenvalue weighted by molar-refractivity contribution is 5.92. The van der Waals surface area contributed by atoms with Crippen molar-refractivity contribution in [2.24, 2.45) is 0 Å². The molecule has 1 aromatic heterocycles. The zero-order valence-corrected chi connectivity index (χ0v) is 8.10. The number of oxazole rings is 1. The minimum absolute atomic E-state index is 0.0550. The Bertz CT molecular complexity index is 502. The summed E-state index contributed by atoms with van der Waals surface area (Å²) in [4.78, 5) is 14.5. The predicted molar refractivity (Wildman–Crippen MR) is 53.6 cm³/mol. The van der Waals surface area contributed by atoms with Crippen molar-refractivity contribution in [1.82, 2.24) is 4.98 Å². The number of aromatic carboxylic acids is 1. The summed E-state index contributed by atoms with van der Waals surface area (Å²) in [6.07, 6.45) is 1.14. The average Bonchev–Trinajstić information content (AvgIpc) is 2.65. The number of aryl methyl sites for hydroxylation is 1. The monoisotopic (exact) mass is 203 g/mol. The molecule has 15 heavy (non-hydrogen) atoms. The molecule has 0 fully saturated rings. The number of hydrogen-bond donors (Lipinski definition) is 1. The molecule has 0 atom stereocenters. The van der Waals surface area contributed by atoms with Gasteiger partial charge in [0, 0.05) is 5.56 Å². The minimum atomic E-state index is -1.08. The Hall–Kier alpha value is -2.10. The zero-order valence-electron chi connectivity index (χ0n) is 8.10. The van der Waals surface area contributed by atoms with Crippen LogP contribution in [0.5, 0.6) is 0 Å². The van der Waals surface area contributed by atoms with E-state index in [1.54, 1.807) is 6.07 Å². The lowest BCUT2D eigenvalue weighted by atomic mass is 10.1. The largest absolute Gasteiger partial charge is 0.476 e. The van der Waals surface area contributed by atoms with Gasteiger partial charge >= 0.3 is 5.97 Å². The Morgan fingerprint density at radius 3 is 2.93 bits per heavy atom. The topological polar surface area (TPSA) is 63.3 Å². The van der Waals surface area contributed by atoms with Crippen molar-refractivity contribution in [3.63, 3.8) is 0 Å². The Kier molecular flexibility index (Phi) is 2.25. The molecule has 4 heteroatoms. The molecule has 0 spiro atoms. The van der Waals surface area contributed by atoms with Crippen LogP contribution in [0.1, 0.15) is 16.1 Å². The maximum atomic E-state index is 10.8. The smallest absolute Gasteiger partial charge is 0.358 e. The molecule has 0 bridgehead atoms. The Morgan fingerprint density at radius 2 is 2.27 bits per heavy atom. The van der Waals surface area contributed by atoms with Crippen molar-refractivity contribution < 1.29 is 14.3 Å². The number of hydrogen-bond acceptors (Lipinski definition) is 3. The van der Waals surface area contributed by atoms with E-state index in [0.717, 1.165) is 17.5 Å². The van der Waals surface area contributed by atoms with Gasteiger partial charge in [-0.2, -0.15) is 0 Å². The SMILES string of the molecule is Cc1cccc(-c2ocnc2C(=O)O)c1. The first-order valence-electron chi connectivity index (χ1n) is 4.42. The molecule has 0 amide bonds. The molecule has 0 saturated heterocycles. The van der Waals surface area contributed by atoms with E-state index in [1.165, 1.54) is 0 Å². The molecule has 76 valence electrons. The number of carbonyl (C=O) groups is 1. The van der Waals surface area contributed by atoms with Crippen LogP contribution < -0.4 is 0 Å². The Balaban J connectivity index is 2.54. The van der Waals surface area contributed by atoms with Crippen molar-refractivity contribution in [3.8, 4) is 11.3 Å². The number of rotatable bonds is 2. The first-order valence-corrected chi connectivity index (χ1v) is 4.42. The van der Waals surface area contributed by atoms with Crippen LogP contribution in [0.4, 0.5) is 0 Å². The summed E-state index contributed by atoms with van der Waals surface area (Å²) in [6, 6.07) is 7.42. The second-order valence-electron chi connectivity index (χ2n) is 3.20. The van der Waals surface area contributed by atoms with Crippen molar-refractivity contribution in [2.45, 2.75) is 6.92 Å². The molecular weight excluding hydrogens is 194 g/mol. The number of aromatic nitrogens is 1. The summed E-state index contributed by atoms with van der Waals surface area (Å²) in [6.45, 7) is 1.93. The van der Waals surface area contributed by atoms with E-state index in [9.17, 15) is 4.79 Å². The molecule has 0 radical (unpaired) electrons. The van der Waals surface area contributed by atoms with Crippen molar-refractivity contribution in [1.29, 1.82) is 0 Å². The lowest BCUT2D eigenvalue weighted by Crippen LogP contribution is -1.98. The Morgan fingerprint density at radius 1 is 1.47 bits per heavy atom. The van der Waals surface area contributed by atoms with Crippen molar-refractivity contribution in [2.75, 3.05) is 0 Å². The van der Waals surface area contributed by atoms with E-state index in [1.807, 2.05) is 25.1 Å². The lowest BCUT2D eigenvalue weighted by molar-refractivity contribution is 0.0691. The molecule has 1 aromatic carbocycles. The van der Waals surface area contributed by atoms with Gasteiger partial charge in [-0.3, -0.25) is 0 Å². The number of carboxylic acid groups (broad SMARTS) is 1. The van der Waals surface area contributed by atoms with Gasteiger partial charge in [-0.1, -0.05) is 23.8 Å². The first kappa shape index (κ1) is 9.45. The molecule has 4 nitrogen and oxygen atoms in total. The molecule has 1 heterocycles. The number of carboxylic acids is 1. The normalized spacial score (nSPS) is 10.2. The van der Waals surface area contributed by atoms with E-state index >= 15 is 0 Å². The van der Waals surface area contributed by atoms with Crippen LogP contribution in [0.2, 0.25) is 0 Å². The van der Waals surface area contributed by atoms with E-state index in [0.29, 0.717) is 5.76 Å².